The topological polar surface area (TPSA) is 74.0 Å². The third-order valence-electron chi connectivity index (χ3n) is 4.81. The van der Waals surface area contributed by atoms with Gasteiger partial charge in [-0.3, -0.25) is 4.79 Å². The highest BCUT2D eigenvalue weighted by atomic mass is 16.5. The van der Waals surface area contributed by atoms with E-state index in [1.165, 1.54) is 7.11 Å². The van der Waals surface area contributed by atoms with Crippen LogP contribution in [0.3, 0.4) is 0 Å². The highest BCUT2D eigenvalue weighted by Gasteiger charge is 2.23. The molecule has 0 spiro atoms. The maximum absolute atomic E-state index is 11.7. The molecule has 2 rings (SSSR count). The number of hydrogen-bond donors (Lipinski definition) is 1. The molecule has 6 heteroatoms. The Kier molecular flexibility index (Phi) is 7.52. The predicted molar refractivity (Wildman–Crippen MR) is 99.0 cm³/mol. The van der Waals surface area contributed by atoms with Gasteiger partial charge in [0.1, 0.15) is 0 Å². The number of nitrogens with two attached hydrogens (primary N) is 1. The summed E-state index contributed by atoms with van der Waals surface area (Å²) in [6.07, 6.45) is 2.31. The van der Waals surface area contributed by atoms with E-state index in [1.54, 1.807) is 7.11 Å². The summed E-state index contributed by atoms with van der Waals surface area (Å²) in [6.45, 7) is 5.10. The van der Waals surface area contributed by atoms with Gasteiger partial charge in [0.25, 0.3) is 0 Å². The molecular weight excluding hydrogens is 320 g/mol. The average Bonchev–Trinajstić information content (AvgIpc) is 2.64. The monoisotopic (exact) mass is 350 g/mol. The molecule has 0 aliphatic carbocycles. The molecule has 1 aromatic rings. The van der Waals surface area contributed by atoms with Gasteiger partial charge in [0.15, 0.2) is 0 Å². The van der Waals surface area contributed by atoms with Crippen LogP contribution in [0.1, 0.15) is 37.7 Å². The van der Waals surface area contributed by atoms with Gasteiger partial charge in [-0.15, -0.1) is 0 Å². The van der Waals surface area contributed by atoms with Crippen LogP contribution in [-0.2, 0) is 19.0 Å². The van der Waals surface area contributed by atoms with Crippen molar-refractivity contribution in [1.29, 1.82) is 0 Å². The van der Waals surface area contributed by atoms with Gasteiger partial charge in [0, 0.05) is 38.8 Å². The lowest BCUT2D eigenvalue weighted by Gasteiger charge is -2.36. The van der Waals surface area contributed by atoms with Crippen LogP contribution in [-0.4, -0.2) is 52.6 Å². The van der Waals surface area contributed by atoms with Crippen molar-refractivity contribution in [3.8, 4) is 0 Å². The van der Waals surface area contributed by atoms with Gasteiger partial charge in [-0.05, 0) is 37.5 Å². The minimum atomic E-state index is -0.248. The number of nitrogens with zero attached hydrogens (tertiary/aromatic N) is 1. The van der Waals surface area contributed by atoms with Gasteiger partial charge in [-0.25, -0.2) is 0 Å². The zero-order valence-electron chi connectivity index (χ0n) is 15.5. The second-order valence-corrected chi connectivity index (χ2v) is 6.38. The number of nitrogen functional groups attached to an aromatic ring is 1. The molecular formula is C19H30N2O4. The molecule has 0 bridgehead atoms. The number of anilines is 2. The first-order valence-corrected chi connectivity index (χ1v) is 8.90. The number of hydrogen-bond acceptors (Lipinski definition) is 6. The minimum Gasteiger partial charge on any atom is -0.469 e. The molecule has 1 saturated heterocycles. The molecule has 1 aliphatic rings. The number of benzene rings is 1. The quantitative estimate of drug-likeness (QED) is 0.574. The van der Waals surface area contributed by atoms with Gasteiger partial charge < -0.3 is 24.8 Å². The molecule has 1 fully saturated rings. The van der Waals surface area contributed by atoms with E-state index in [0.29, 0.717) is 12.6 Å². The van der Waals surface area contributed by atoms with E-state index < -0.39 is 0 Å². The Morgan fingerprint density at radius 3 is 2.64 bits per heavy atom. The van der Waals surface area contributed by atoms with Crippen LogP contribution in [0.15, 0.2) is 18.2 Å². The summed E-state index contributed by atoms with van der Waals surface area (Å²) in [4.78, 5) is 14.0. The van der Waals surface area contributed by atoms with E-state index >= 15 is 0 Å². The molecule has 1 heterocycles. The lowest BCUT2D eigenvalue weighted by molar-refractivity contribution is -0.141. The largest absolute Gasteiger partial charge is 0.469 e. The van der Waals surface area contributed by atoms with Crippen molar-refractivity contribution in [2.24, 2.45) is 0 Å². The molecule has 6 nitrogen and oxygen atoms in total. The van der Waals surface area contributed by atoms with Crippen molar-refractivity contribution in [3.63, 3.8) is 0 Å². The Balaban J connectivity index is 2.20. The first-order chi connectivity index (χ1) is 12.1. The second kappa shape index (κ2) is 9.63. The smallest absolute Gasteiger partial charge is 0.306 e. The van der Waals surface area contributed by atoms with Crippen LogP contribution in [0.5, 0.6) is 0 Å². The molecule has 140 valence electrons. The predicted octanol–water partition coefficient (Wildman–Crippen LogP) is 2.57. The third kappa shape index (κ3) is 5.09. The molecule has 1 aliphatic heterocycles. The highest BCUT2D eigenvalue weighted by Crippen LogP contribution is 2.32. The Labute approximate surface area is 150 Å². The molecule has 1 atom stereocenters. The summed E-state index contributed by atoms with van der Waals surface area (Å²) in [5.41, 5.74) is 9.15. The van der Waals surface area contributed by atoms with E-state index in [-0.39, 0.29) is 18.3 Å². The average molecular weight is 350 g/mol. The van der Waals surface area contributed by atoms with Gasteiger partial charge in [0.05, 0.1) is 31.5 Å². The Bertz CT molecular complexity index is 558. The standard InChI is InChI=1S/C19H30N2O4/c1-4-21(16-7-9-25-10-8-16)18-6-5-14(11-17(18)20)15(13-23-2)12-19(22)24-3/h5-6,11,15-16H,4,7-10,12-13,20H2,1-3H3. The summed E-state index contributed by atoms with van der Waals surface area (Å²) in [5, 5.41) is 0. The normalized spacial score (nSPS) is 16.4. The van der Waals surface area contributed by atoms with E-state index in [0.717, 1.165) is 49.5 Å². The fourth-order valence-corrected chi connectivity index (χ4v) is 3.47. The van der Waals surface area contributed by atoms with Gasteiger partial charge in [-0.1, -0.05) is 6.07 Å². The summed E-state index contributed by atoms with van der Waals surface area (Å²) in [6, 6.07) is 6.52. The van der Waals surface area contributed by atoms with Crippen LogP contribution >= 0.6 is 0 Å². The molecule has 1 unspecified atom stereocenters. The SMILES string of the molecule is CCN(c1ccc(C(COC)CC(=O)OC)cc1N)C1CCOCC1. The molecule has 0 radical (unpaired) electrons. The number of esters is 1. The first kappa shape index (κ1) is 19.5. The summed E-state index contributed by atoms with van der Waals surface area (Å²) in [7, 11) is 3.03. The second-order valence-electron chi connectivity index (χ2n) is 6.38. The van der Waals surface area contributed by atoms with Crippen LogP contribution in [0.25, 0.3) is 0 Å². The maximum Gasteiger partial charge on any atom is 0.306 e. The fraction of sp³-hybridized carbons (Fsp3) is 0.632. The number of methoxy groups -OCH3 is 2. The Hall–Kier alpha value is -1.79. The molecule has 0 aromatic heterocycles. The van der Waals surface area contributed by atoms with Crippen LogP contribution in [0.2, 0.25) is 0 Å². The summed E-state index contributed by atoms with van der Waals surface area (Å²) >= 11 is 0. The Morgan fingerprint density at radius 1 is 1.36 bits per heavy atom. The molecule has 2 N–H and O–H groups in total. The van der Waals surface area contributed by atoms with Crippen molar-refractivity contribution >= 4 is 17.3 Å². The van der Waals surface area contributed by atoms with Crippen LogP contribution in [0, 0.1) is 0 Å². The van der Waals surface area contributed by atoms with E-state index in [1.807, 2.05) is 12.1 Å². The Morgan fingerprint density at radius 2 is 2.08 bits per heavy atom. The van der Waals surface area contributed by atoms with Crippen molar-refractivity contribution in [2.75, 3.05) is 51.2 Å². The van der Waals surface area contributed by atoms with Crippen molar-refractivity contribution in [3.05, 3.63) is 23.8 Å². The van der Waals surface area contributed by atoms with Crippen molar-refractivity contribution in [2.45, 2.75) is 38.1 Å². The number of rotatable bonds is 8. The van der Waals surface area contributed by atoms with E-state index in [4.69, 9.17) is 19.9 Å². The van der Waals surface area contributed by atoms with Gasteiger partial charge in [-0.2, -0.15) is 0 Å². The third-order valence-corrected chi connectivity index (χ3v) is 4.81. The molecule has 0 amide bonds. The maximum atomic E-state index is 11.7. The highest BCUT2D eigenvalue weighted by molar-refractivity contribution is 5.72. The van der Waals surface area contributed by atoms with Gasteiger partial charge >= 0.3 is 5.97 Å². The lowest BCUT2D eigenvalue weighted by atomic mass is 9.95. The molecule has 1 aromatic carbocycles. The first-order valence-electron chi connectivity index (χ1n) is 8.90. The summed E-state index contributed by atoms with van der Waals surface area (Å²) < 4.78 is 15.5. The van der Waals surface area contributed by atoms with E-state index in [9.17, 15) is 4.79 Å². The minimum absolute atomic E-state index is 0.0630. The van der Waals surface area contributed by atoms with E-state index in [2.05, 4.69) is 17.9 Å². The number of ether oxygens (including phenoxy) is 3. The molecule has 0 saturated carbocycles. The van der Waals surface area contributed by atoms with Crippen molar-refractivity contribution < 1.29 is 19.0 Å². The lowest BCUT2D eigenvalue weighted by Crippen LogP contribution is -2.39. The van der Waals surface area contributed by atoms with Crippen LogP contribution < -0.4 is 10.6 Å². The van der Waals surface area contributed by atoms with Crippen LogP contribution in [0.4, 0.5) is 11.4 Å². The number of carbonyl (C=O) groups excluding carboxylic acids is 1. The fourth-order valence-electron chi connectivity index (χ4n) is 3.47. The van der Waals surface area contributed by atoms with Crippen molar-refractivity contribution in [1.82, 2.24) is 0 Å². The number of carbonyl (C=O) groups is 1. The van der Waals surface area contributed by atoms with Gasteiger partial charge in [0.2, 0.25) is 0 Å². The zero-order chi connectivity index (χ0) is 18.2. The zero-order valence-corrected chi connectivity index (χ0v) is 15.5. The summed E-state index contributed by atoms with van der Waals surface area (Å²) in [5.74, 6) is -0.311. The molecule has 25 heavy (non-hydrogen) atoms.